The third-order valence-corrected chi connectivity index (χ3v) is 5.40. The maximum Gasteiger partial charge on any atom is 0.225 e. The van der Waals surface area contributed by atoms with Crippen LogP contribution in [-0.4, -0.2) is 74.5 Å². The summed E-state index contributed by atoms with van der Waals surface area (Å²) in [6.45, 7) is 7.40. The minimum absolute atomic E-state index is 0.672. The molecule has 0 aliphatic carbocycles. The molecule has 0 amide bonds. The van der Waals surface area contributed by atoms with Gasteiger partial charge in [-0.2, -0.15) is 0 Å². The highest BCUT2D eigenvalue weighted by molar-refractivity contribution is 5.39. The first-order chi connectivity index (χ1) is 12.8. The number of hydrogen-bond donors (Lipinski definition) is 0. The van der Waals surface area contributed by atoms with Gasteiger partial charge in [0.2, 0.25) is 5.95 Å². The van der Waals surface area contributed by atoms with Gasteiger partial charge in [-0.1, -0.05) is 6.07 Å². The molecule has 2 saturated heterocycles. The maximum atomic E-state index is 4.70. The van der Waals surface area contributed by atoms with Crippen molar-refractivity contribution in [3.8, 4) is 0 Å². The number of pyridine rings is 1. The molecule has 0 N–H and O–H groups in total. The largest absolute Gasteiger partial charge is 0.338 e. The third kappa shape index (κ3) is 3.04. The number of fused-ring (bicyclic) bond motifs is 1. The topological polar surface area (TPSA) is 52.8 Å². The van der Waals surface area contributed by atoms with Gasteiger partial charge in [0.05, 0.1) is 5.69 Å². The number of hydrogen-bond acceptors (Lipinski definition) is 6. The maximum absolute atomic E-state index is 4.70. The highest BCUT2D eigenvalue weighted by Gasteiger charge is 2.33. The van der Waals surface area contributed by atoms with Crippen molar-refractivity contribution in [3.63, 3.8) is 0 Å². The predicted molar refractivity (Wildman–Crippen MR) is 100 cm³/mol. The lowest BCUT2D eigenvalue weighted by Gasteiger charge is -2.48. The van der Waals surface area contributed by atoms with Crippen LogP contribution >= 0.6 is 0 Å². The molecule has 0 radical (unpaired) electrons. The van der Waals surface area contributed by atoms with Crippen molar-refractivity contribution in [1.29, 1.82) is 0 Å². The first-order valence-corrected chi connectivity index (χ1v) is 9.26. The van der Waals surface area contributed by atoms with Gasteiger partial charge in [-0.15, -0.1) is 0 Å². The number of piperazine rings is 1. The van der Waals surface area contributed by atoms with Crippen molar-refractivity contribution < 1.29 is 0 Å². The van der Waals surface area contributed by atoms with Crippen molar-refractivity contribution in [1.82, 2.24) is 29.2 Å². The number of nitrogens with zero attached hydrogens (tertiary/aromatic N) is 7. The van der Waals surface area contributed by atoms with Crippen molar-refractivity contribution in [3.05, 3.63) is 54.7 Å². The van der Waals surface area contributed by atoms with Crippen LogP contribution in [0.3, 0.4) is 0 Å². The second kappa shape index (κ2) is 6.66. The Balaban J connectivity index is 1.12. The smallest absolute Gasteiger partial charge is 0.225 e. The van der Waals surface area contributed by atoms with E-state index in [1.807, 2.05) is 30.6 Å². The van der Waals surface area contributed by atoms with E-state index >= 15 is 0 Å². The summed E-state index contributed by atoms with van der Waals surface area (Å²) in [5.74, 6) is 0.856. The zero-order valence-electron chi connectivity index (χ0n) is 14.8. The minimum Gasteiger partial charge on any atom is -0.338 e. The highest BCUT2D eigenvalue weighted by Crippen LogP contribution is 2.20. The highest BCUT2D eigenvalue weighted by atomic mass is 15.4. The van der Waals surface area contributed by atoms with Gasteiger partial charge in [0.15, 0.2) is 0 Å². The second-order valence-corrected chi connectivity index (χ2v) is 7.12. The van der Waals surface area contributed by atoms with Gasteiger partial charge in [0, 0.05) is 76.6 Å². The van der Waals surface area contributed by atoms with Gasteiger partial charge in [-0.05, 0) is 18.2 Å². The van der Waals surface area contributed by atoms with Crippen LogP contribution in [0, 0.1) is 0 Å². The molecule has 2 aliphatic heterocycles. The summed E-state index contributed by atoms with van der Waals surface area (Å²) in [7, 11) is 0. The van der Waals surface area contributed by atoms with E-state index in [4.69, 9.17) is 4.98 Å². The molecule has 3 aromatic rings. The fraction of sp³-hybridized carbons (Fsp3) is 0.421. The van der Waals surface area contributed by atoms with Crippen molar-refractivity contribution in [2.24, 2.45) is 0 Å². The molecule has 3 aromatic heterocycles. The molecule has 7 nitrogen and oxygen atoms in total. The Morgan fingerprint density at radius 1 is 0.962 bits per heavy atom. The first-order valence-electron chi connectivity index (χ1n) is 9.26. The molecule has 5 rings (SSSR count). The van der Waals surface area contributed by atoms with E-state index in [0.29, 0.717) is 6.04 Å². The predicted octanol–water partition coefficient (Wildman–Crippen LogP) is 1.13. The van der Waals surface area contributed by atoms with Crippen molar-refractivity contribution in [2.75, 3.05) is 44.2 Å². The molecule has 134 valence electrons. The number of rotatable bonds is 4. The SMILES string of the molecule is c1cnc(N2CCN(C3CN(Cc4cn5ccccc5n4)C3)CC2)nc1. The van der Waals surface area contributed by atoms with Gasteiger partial charge >= 0.3 is 0 Å². The Bertz CT molecular complexity index is 831. The molecular formula is C19H23N7. The van der Waals surface area contributed by atoms with Crippen molar-refractivity contribution >= 4 is 11.6 Å². The standard InChI is InChI=1S/C19H23N7/c1-2-7-26-13-16(22-18(26)4-1)12-23-14-17(15-23)24-8-10-25(11-9-24)19-20-5-3-6-21-19/h1-7,13,17H,8-12,14-15H2. The summed E-state index contributed by atoms with van der Waals surface area (Å²) in [4.78, 5) is 20.8. The first kappa shape index (κ1) is 15.7. The van der Waals surface area contributed by atoms with Gasteiger partial charge in [0.1, 0.15) is 5.65 Å². The van der Waals surface area contributed by atoms with Crippen LogP contribution < -0.4 is 4.90 Å². The van der Waals surface area contributed by atoms with E-state index in [-0.39, 0.29) is 0 Å². The summed E-state index contributed by atoms with van der Waals surface area (Å²) in [6.07, 6.45) is 7.83. The van der Waals surface area contributed by atoms with Gasteiger partial charge < -0.3 is 9.30 Å². The van der Waals surface area contributed by atoms with Gasteiger partial charge in [-0.25, -0.2) is 15.0 Å². The lowest BCUT2D eigenvalue weighted by Crippen LogP contribution is -2.62. The molecule has 0 unspecified atom stereocenters. The third-order valence-electron chi connectivity index (χ3n) is 5.40. The molecule has 0 atom stereocenters. The number of aromatic nitrogens is 4. The van der Waals surface area contributed by atoms with Crippen LogP contribution in [0.25, 0.3) is 5.65 Å². The summed E-state index contributed by atoms with van der Waals surface area (Å²) in [6, 6.07) is 8.67. The Morgan fingerprint density at radius 3 is 2.54 bits per heavy atom. The average Bonchev–Trinajstić information content (AvgIpc) is 3.08. The summed E-state index contributed by atoms with van der Waals surface area (Å²) in [5.41, 5.74) is 2.18. The molecule has 26 heavy (non-hydrogen) atoms. The molecule has 2 aliphatic rings. The van der Waals surface area contributed by atoms with Crippen LogP contribution in [0.15, 0.2) is 49.1 Å². The molecule has 0 aromatic carbocycles. The summed E-state index contributed by atoms with van der Waals surface area (Å²) >= 11 is 0. The van der Waals surface area contributed by atoms with E-state index in [1.54, 1.807) is 0 Å². The second-order valence-electron chi connectivity index (χ2n) is 7.12. The summed E-state index contributed by atoms with van der Waals surface area (Å²) < 4.78 is 2.09. The van der Waals surface area contributed by atoms with Gasteiger partial charge in [-0.3, -0.25) is 9.80 Å². The normalized spacial score (nSPS) is 19.8. The minimum atomic E-state index is 0.672. The Hall–Kier alpha value is -2.51. The van der Waals surface area contributed by atoms with Crippen molar-refractivity contribution in [2.45, 2.75) is 12.6 Å². The van der Waals surface area contributed by atoms with E-state index < -0.39 is 0 Å². The quantitative estimate of drug-likeness (QED) is 0.704. The van der Waals surface area contributed by atoms with Crippen LogP contribution in [0.4, 0.5) is 5.95 Å². The summed E-state index contributed by atoms with van der Waals surface area (Å²) in [5, 5.41) is 0. The van der Waals surface area contributed by atoms with E-state index in [0.717, 1.165) is 63.1 Å². The molecule has 7 heteroatoms. The van der Waals surface area contributed by atoms with E-state index in [9.17, 15) is 0 Å². The Morgan fingerprint density at radius 2 is 1.77 bits per heavy atom. The molecule has 2 fully saturated rings. The molecule has 0 bridgehead atoms. The molecule has 5 heterocycles. The van der Waals surface area contributed by atoms with Crippen LogP contribution in [0.1, 0.15) is 5.69 Å². The van der Waals surface area contributed by atoms with Gasteiger partial charge in [0.25, 0.3) is 0 Å². The Labute approximate surface area is 152 Å². The van der Waals surface area contributed by atoms with Crippen LogP contribution in [0.2, 0.25) is 0 Å². The molecular weight excluding hydrogens is 326 g/mol. The lowest BCUT2D eigenvalue weighted by molar-refractivity contribution is 0.0248. The zero-order chi connectivity index (χ0) is 17.3. The zero-order valence-corrected chi connectivity index (χ0v) is 14.8. The fourth-order valence-corrected chi connectivity index (χ4v) is 3.94. The number of likely N-dealkylation sites (tertiary alicyclic amines) is 1. The molecule has 0 spiro atoms. The lowest BCUT2D eigenvalue weighted by atomic mass is 10.1. The Kier molecular flexibility index (Phi) is 4.03. The number of anilines is 1. The van der Waals surface area contributed by atoms with Crippen LogP contribution in [-0.2, 0) is 6.54 Å². The molecule has 0 saturated carbocycles. The monoisotopic (exact) mass is 349 g/mol. The van der Waals surface area contributed by atoms with E-state index in [1.165, 1.54) is 0 Å². The fourth-order valence-electron chi connectivity index (χ4n) is 3.94. The average molecular weight is 349 g/mol. The van der Waals surface area contributed by atoms with E-state index in [2.05, 4.69) is 47.5 Å². The number of imidazole rings is 1. The van der Waals surface area contributed by atoms with Crippen LogP contribution in [0.5, 0.6) is 0 Å².